The second-order valence-electron chi connectivity index (χ2n) is 4.77. The molecule has 1 atom stereocenters. The molecule has 0 aliphatic heterocycles. The molecule has 0 spiro atoms. The lowest BCUT2D eigenvalue weighted by Gasteiger charge is -2.14. The van der Waals surface area contributed by atoms with Crippen molar-refractivity contribution in [3.8, 4) is 0 Å². The fourth-order valence-electron chi connectivity index (χ4n) is 1.82. The molecular formula is C14H16BrN3O2. The molecule has 20 heavy (non-hydrogen) atoms. The van der Waals surface area contributed by atoms with Gasteiger partial charge in [-0.2, -0.15) is 5.10 Å². The summed E-state index contributed by atoms with van der Waals surface area (Å²) < 4.78 is 2.64. The van der Waals surface area contributed by atoms with Gasteiger partial charge in [0.1, 0.15) is 0 Å². The molecule has 0 amide bonds. The number of carboxylic acids is 1. The molecule has 106 valence electrons. The number of carbonyl (C=O) groups is 1. The van der Waals surface area contributed by atoms with Crippen molar-refractivity contribution in [3.05, 3.63) is 46.7 Å². The molecule has 5 nitrogen and oxygen atoms in total. The van der Waals surface area contributed by atoms with Crippen molar-refractivity contribution >= 4 is 27.6 Å². The Kier molecular flexibility index (Phi) is 4.44. The van der Waals surface area contributed by atoms with Gasteiger partial charge in [0.15, 0.2) is 6.04 Å². The molecule has 6 heteroatoms. The van der Waals surface area contributed by atoms with E-state index in [1.54, 1.807) is 17.1 Å². The highest BCUT2D eigenvalue weighted by atomic mass is 79.9. The Hall–Kier alpha value is -1.82. The van der Waals surface area contributed by atoms with Crippen LogP contribution in [0.2, 0.25) is 0 Å². The molecule has 0 saturated heterocycles. The number of nitrogens with one attached hydrogen (secondary N) is 1. The second kappa shape index (κ2) is 6.09. The summed E-state index contributed by atoms with van der Waals surface area (Å²) >= 11 is 3.36. The average Bonchev–Trinajstić information content (AvgIpc) is 2.85. The third kappa shape index (κ3) is 3.39. The van der Waals surface area contributed by atoms with E-state index in [2.05, 4.69) is 26.3 Å². The van der Waals surface area contributed by atoms with Gasteiger partial charge in [0, 0.05) is 28.0 Å². The number of rotatable bonds is 5. The fraction of sp³-hybridized carbons (Fsp3) is 0.286. The highest BCUT2D eigenvalue weighted by molar-refractivity contribution is 9.10. The summed E-state index contributed by atoms with van der Waals surface area (Å²) in [5.74, 6) is -0.937. The molecule has 2 N–H and O–H groups in total. The Morgan fingerprint density at radius 3 is 2.75 bits per heavy atom. The Balaban J connectivity index is 2.24. The van der Waals surface area contributed by atoms with Crippen LogP contribution in [0, 0.1) is 0 Å². The maximum absolute atomic E-state index is 11.5. The molecule has 2 aromatic rings. The van der Waals surface area contributed by atoms with Gasteiger partial charge in [0.05, 0.1) is 6.20 Å². The van der Waals surface area contributed by atoms with E-state index in [9.17, 15) is 9.90 Å². The molecule has 1 aromatic carbocycles. The zero-order valence-electron chi connectivity index (χ0n) is 11.2. The monoisotopic (exact) mass is 337 g/mol. The van der Waals surface area contributed by atoms with Crippen LogP contribution in [0.25, 0.3) is 0 Å². The van der Waals surface area contributed by atoms with Crippen LogP contribution >= 0.6 is 15.9 Å². The largest absolute Gasteiger partial charge is 0.479 e. The minimum absolute atomic E-state index is 0.198. The third-order valence-corrected chi connectivity index (χ3v) is 3.36. The zero-order chi connectivity index (χ0) is 14.7. The number of nitrogens with zero attached hydrogens (tertiary/aromatic N) is 2. The van der Waals surface area contributed by atoms with Gasteiger partial charge in [0.25, 0.3) is 0 Å². The summed E-state index contributed by atoms with van der Waals surface area (Å²) in [7, 11) is 0. The Bertz CT molecular complexity index is 610. The van der Waals surface area contributed by atoms with Crippen molar-refractivity contribution in [2.45, 2.75) is 25.9 Å². The van der Waals surface area contributed by atoms with E-state index in [1.165, 1.54) is 0 Å². The molecule has 0 aliphatic rings. The SMILES string of the molecule is CC(C)n1cc(C(Nc2cccc(Br)c2)C(=O)O)cn1. The van der Waals surface area contributed by atoms with Gasteiger partial charge in [-0.15, -0.1) is 0 Å². The zero-order valence-corrected chi connectivity index (χ0v) is 12.8. The summed E-state index contributed by atoms with van der Waals surface area (Å²) in [6.07, 6.45) is 3.35. The number of halogens is 1. The average molecular weight is 338 g/mol. The Morgan fingerprint density at radius 1 is 1.45 bits per heavy atom. The maximum Gasteiger partial charge on any atom is 0.330 e. The quantitative estimate of drug-likeness (QED) is 0.876. The van der Waals surface area contributed by atoms with Crippen LogP contribution < -0.4 is 5.32 Å². The van der Waals surface area contributed by atoms with Gasteiger partial charge < -0.3 is 10.4 Å². The summed E-state index contributed by atoms with van der Waals surface area (Å²) in [5.41, 5.74) is 1.37. The Labute approximate surface area is 125 Å². The standard InChI is InChI=1S/C14H16BrN3O2/c1-9(2)18-8-10(7-16-18)13(14(19)20)17-12-5-3-4-11(15)6-12/h3-9,13,17H,1-2H3,(H,19,20). The van der Waals surface area contributed by atoms with Crippen LogP contribution in [0.15, 0.2) is 41.1 Å². The minimum Gasteiger partial charge on any atom is -0.479 e. The first-order valence-corrected chi connectivity index (χ1v) is 7.05. The lowest BCUT2D eigenvalue weighted by Crippen LogP contribution is -2.20. The number of hydrogen-bond acceptors (Lipinski definition) is 3. The first kappa shape index (κ1) is 14.6. The molecule has 0 fully saturated rings. The molecule has 2 rings (SSSR count). The van der Waals surface area contributed by atoms with Crippen molar-refractivity contribution < 1.29 is 9.90 Å². The van der Waals surface area contributed by atoms with Crippen LogP contribution in [0.5, 0.6) is 0 Å². The van der Waals surface area contributed by atoms with E-state index in [0.29, 0.717) is 5.56 Å². The normalized spacial score (nSPS) is 12.4. The number of hydrogen-bond donors (Lipinski definition) is 2. The summed E-state index contributed by atoms with van der Waals surface area (Å²) in [5, 5.41) is 16.6. The van der Waals surface area contributed by atoms with E-state index in [4.69, 9.17) is 0 Å². The highest BCUT2D eigenvalue weighted by Gasteiger charge is 2.21. The molecule has 1 unspecified atom stereocenters. The number of benzene rings is 1. The van der Waals surface area contributed by atoms with Gasteiger partial charge >= 0.3 is 5.97 Å². The number of anilines is 1. The van der Waals surface area contributed by atoms with E-state index < -0.39 is 12.0 Å². The maximum atomic E-state index is 11.5. The van der Waals surface area contributed by atoms with Crippen LogP contribution in [0.4, 0.5) is 5.69 Å². The fourth-order valence-corrected chi connectivity index (χ4v) is 2.22. The summed E-state index contributed by atoms with van der Waals surface area (Å²) in [4.78, 5) is 11.5. The van der Waals surface area contributed by atoms with Gasteiger partial charge in [0.2, 0.25) is 0 Å². The van der Waals surface area contributed by atoms with Gasteiger partial charge in [-0.05, 0) is 32.0 Å². The van der Waals surface area contributed by atoms with Crippen molar-refractivity contribution in [2.75, 3.05) is 5.32 Å². The van der Waals surface area contributed by atoms with Crippen LogP contribution in [0.1, 0.15) is 31.5 Å². The number of aliphatic carboxylic acids is 1. The number of aromatic nitrogens is 2. The lowest BCUT2D eigenvalue weighted by molar-refractivity contribution is -0.138. The Morgan fingerprint density at radius 2 is 2.20 bits per heavy atom. The van der Waals surface area contributed by atoms with Crippen LogP contribution in [0.3, 0.4) is 0 Å². The predicted molar refractivity (Wildman–Crippen MR) is 80.8 cm³/mol. The highest BCUT2D eigenvalue weighted by Crippen LogP contribution is 2.23. The van der Waals surface area contributed by atoms with Crippen molar-refractivity contribution in [1.82, 2.24) is 9.78 Å². The number of carboxylic acid groups (broad SMARTS) is 1. The molecule has 0 aliphatic carbocycles. The first-order valence-electron chi connectivity index (χ1n) is 6.26. The van der Waals surface area contributed by atoms with Crippen molar-refractivity contribution in [2.24, 2.45) is 0 Å². The molecular weight excluding hydrogens is 322 g/mol. The second-order valence-corrected chi connectivity index (χ2v) is 5.69. The van der Waals surface area contributed by atoms with E-state index in [0.717, 1.165) is 10.2 Å². The van der Waals surface area contributed by atoms with Gasteiger partial charge in [-0.3, -0.25) is 4.68 Å². The van der Waals surface area contributed by atoms with E-state index in [1.807, 2.05) is 38.1 Å². The summed E-state index contributed by atoms with van der Waals surface area (Å²) in [6.45, 7) is 3.99. The first-order chi connectivity index (χ1) is 9.47. The summed E-state index contributed by atoms with van der Waals surface area (Å²) in [6, 6.07) is 6.78. The molecule has 0 saturated carbocycles. The molecule has 0 bridgehead atoms. The van der Waals surface area contributed by atoms with E-state index in [-0.39, 0.29) is 6.04 Å². The minimum atomic E-state index is -0.937. The van der Waals surface area contributed by atoms with Crippen LogP contribution in [-0.2, 0) is 4.79 Å². The van der Waals surface area contributed by atoms with Crippen molar-refractivity contribution in [1.29, 1.82) is 0 Å². The topological polar surface area (TPSA) is 67.2 Å². The van der Waals surface area contributed by atoms with Gasteiger partial charge in [-0.1, -0.05) is 22.0 Å². The van der Waals surface area contributed by atoms with E-state index >= 15 is 0 Å². The van der Waals surface area contributed by atoms with Crippen LogP contribution in [-0.4, -0.2) is 20.9 Å². The lowest BCUT2D eigenvalue weighted by atomic mass is 10.1. The van der Waals surface area contributed by atoms with Crippen molar-refractivity contribution in [3.63, 3.8) is 0 Å². The molecule has 1 aromatic heterocycles. The molecule has 0 radical (unpaired) electrons. The third-order valence-electron chi connectivity index (χ3n) is 2.87. The smallest absolute Gasteiger partial charge is 0.330 e. The predicted octanol–water partition coefficient (Wildman–Crippen LogP) is 3.46. The van der Waals surface area contributed by atoms with Gasteiger partial charge in [-0.25, -0.2) is 4.79 Å². The molecule has 1 heterocycles.